The second-order valence-corrected chi connectivity index (χ2v) is 5.76. The second-order valence-electron chi connectivity index (χ2n) is 5.76. The minimum absolute atomic E-state index is 0.352. The van der Waals surface area contributed by atoms with E-state index in [1.54, 1.807) is 6.20 Å². The average molecular weight is 305 g/mol. The van der Waals surface area contributed by atoms with Gasteiger partial charge in [-0.3, -0.25) is 0 Å². The summed E-state index contributed by atoms with van der Waals surface area (Å²) in [6.45, 7) is 0.762. The lowest BCUT2D eigenvalue weighted by Gasteiger charge is -2.19. The molecule has 0 fully saturated rings. The van der Waals surface area contributed by atoms with E-state index in [0.29, 0.717) is 6.04 Å². The highest BCUT2D eigenvalue weighted by molar-refractivity contribution is 5.19. The lowest BCUT2D eigenvalue weighted by molar-refractivity contribution is 0.477. The summed E-state index contributed by atoms with van der Waals surface area (Å²) in [6.07, 6.45) is 7.05. The zero-order valence-electron chi connectivity index (χ0n) is 13.3. The Balaban J connectivity index is 1.58. The van der Waals surface area contributed by atoms with Gasteiger partial charge in [0, 0.05) is 18.4 Å². The quantitative estimate of drug-likeness (QED) is 0.652. The van der Waals surface area contributed by atoms with Crippen LogP contribution >= 0.6 is 0 Å². The number of H-pyrrole nitrogens is 1. The molecule has 1 unspecified atom stereocenters. The van der Waals surface area contributed by atoms with Gasteiger partial charge in [-0.15, -0.1) is 0 Å². The van der Waals surface area contributed by atoms with E-state index < -0.39 is 0 Å². The predicted molar refractivity (Wildman–Crippen MR) is 94.0 cm³/mol. The van der Waals surface area contributed by atoms with Gasteiger partial charge in [-0.2, -0.15) is 0 Å². The minimum atomic E-state index is 0.352. The van der Waals surface area contributed by atoms with Gasteiger partial charge in [0.25, 0.3) is 0 Å². The van der Waals surface area contributed by atoms with E-state index in [1.165, 1.54) is 11.1 Å². The Morgan fingerprint density at radius 2 is 1.70 bits per heavy atom. The molecule has 2 N–H and O–H groups in total. The van der Waals surface area contributed by atoms with Crippen molar-refractivity contribution in [2.45, 2.75) is 31.8 Å². The van der Waals surface area contributed by atoms with Gasteiger partial charge in [-0.25, -0.2) is 4.98 Å². The molecule has 3 nitrogen and oxygen atoms in total. The molecule has 3 aromatic rings. The topological polar surface area (TPSA) is 40.7 Å². The number of nitrogens with zero attached hydrogens (tertiary/aromatic N) is 1. The van der Waals surface area contributed by atoms with Gasteiger partial charge in [0.15, 0.2) is 0 Å². The number of rotatable bonds is 8. The van der Waals surface area contributed by atoms with Gasteiger partial charge in [-0.05, 0) is 30.4 Å². The number of benzene rings is 2. The van der Waals surface area contributed by atoms with Gasteiger partial charge in [0.1, 0.15) is 5.82 Å². The number of hydrogen-bond donors (Lipinski definition) is 2. The normalized spacial score (nSPS) is 12.2. The fourth-order valence-corrected chi connectivity index (χ4v) is 2.84. The highest BCUT2D eigenvalue weighted by Gasteiger charge is 2.11. The fourth-order valence-electron chi connectivity index (χ4n) is 2.84. The first-order valence-corrected chi connectivity index (χ1v) is 8.22. The summed E-state index contributed by atoms with van der Waals surface area (Å²) in [4.78, 5) is 7.44. The molecular formula is C20H23N3. The standard InChI is InChI=1S/C20H23N3/c1-3-8-17(9-4-1)10-7-13-19(18-11-5-2-6-12-18)23-16-20-21-14-15-22-20/h1-6,8-9,11-12,14-15,19,23H,7,10,13,16H2,(H,21,22). The Morgan fingerprint density at radius 3 is 2.39 bits per heavy atom. The van der Waals surface area contributed by atoms with Crippen molar-refractivity contribution in [1.29, 1.82) is 0 Å². The summed E-state index contributed by atoms with van der Waals surface area (Å²) in [5.74, 6) is 0.981. The van der Waals surface area contributed by atoms with E-state index in [4.69, 9.17) is 0 Å². The molecule has 23 heavy (non-hydrogen) atoms. The molecule has 0 saturated heterocycles. The third-order valence-electron chi connectivity index (χ3n) is 4.07. The minimum Gasteiger partial charge on any atom is -0.348 e. The molecule has 0 amide bonds. The maximum atomic E-state index is 4.29. The van der Waals surface area contributed by atoms with Crippen LogP contribution in [0.2, 0.25) is 0 Å². The van der Waals surface area contributed by atoms with Crippen LogP contribution in [0.5, 0.6) is 0 Å². The van der Waals surface area contributed by atoms with Crippen molar-refractivity contribution in [3.8, 4) is 0 Å². The number of hydrogen-bond acceptors (Lipinski definition) is 2. The van der Waals surface area contributed by atoms with E-state index in [2.05, 4.69) is 75.9 Å². The summed E-state index contributed by atoms with van der Waals surface area (Å²) >= 11 is 0. The number of imidazole rings is 1. The molecule has 0 spiro atoms. The van der Waals surface area contributed by atoms with Gasteiger partial charge in [0.2, 0.25) is 0 Å². The largest absolute Gasteiger partial charge is 0.348 e. The summed E-state index contributed by atoms with van der Waals surface area (Å²) < 4.78 is 0. The van der Waals surface area contributed by atoms with Crippen LogP contribution in [0, 0.1) is 0 Å². The molecule has 0 aliphatic heterocycles. The van der Waals surface area contributed by atoms with E-state index >= 15 is 0 Å². The molecule has 0 bridgehead atoms. The van der Waals surface area contributed by atoms with Gasteiger partial charge >= 0.3 is 0 Å². The van der Waals surface area contributed by atoms with Gasteiger partial charge in [-0.1, -0.05) is 60.7 Å². The number of nitrogens with one attached hydrogen (secondary N) is 2. The molecule has 0 radical (unpaired) electrons. The average Bonchev–Trinajstić information content (AvgIpc) is 3.13. The Kier molecular flexibility index (Phi) is 5.59. The maximum absolute atomic E-state index is 4.29. The first kappa shape index (κ1) is 15.5. The van der Waals surface area contributed by atoms with E-state index in [1.807, 2.05) is 6.20 Å². The van der Waals surface area contributed by atoms with Crippen molar-refractivity contribution < 1.29 is 0 Å². The highest BCUT2D eigenvalue weighted by Crippen LogP contribution is 2.20. The van der Waals surface area contributed by atoms with Crippen LogP contribution in [0.25, 0.3) is 0 Å². The molecule has 118 valence electrons. The number of aromatic amines is 1. The van der Waals surface area contributed by atoms with Crippen molar-refractivity contribution in [2.24, 2.45) is 0 Å². The third kappa shape index (κ3) is 4.80. The van der Waals surface area contributed by atoms with E-state index in [-0.39, 0.29) is 0 Å². The van der Waals surface area contributed by atoms with E-state index in [9.17, 15) is 0 Å². The first-order valence-electron chi connectivity index (χ1n) is 8.22. The fraction of sp³-hybridized carbons (Fsp3) is 0.250. The number of aromatic nitrogens is 2. The molecule has 1 atom stereocenters. The lowest BCUT2D eigenvalue weighted by atomic mass is 9.99. The molecule has 1 aromatic heterocycles. The SMILES string of the molecule is c1ccc(CCCC(NCc2ncc[nH]2)c2ccccc2)cc1. The monoisotopic (exact) mass is 305 g/mol. The second kappa shape index (κ2) is 8.30. The zero-order chi connectivity index (χ0) is 15.7. The van der Waals surface area contributed by atoms with Crippen molar-refractivity contribution in [2.75, 3.05) is 0 Å². The van der Waals surface area contributed by atoms with E-state index in [0.717, 1.165) is 31.6 Å². The van der Waals surface area contributed by atoms with Gasteiger partial charge < -0.3 is 10.3 Å². The van der Waals surface area contributed by atoms with Crippen molar-refractivity contribution >= 4 is 0 Å². The van der Waals surface area contributed by atoms with Crippen molar-refractivity contribution in [1.82, 2.24) is 15.3 Å². The molecule has 1 heterocycles. The van der Waals surface area contributed by atoms with Crippen LogP contribution in [0.1, 0.15) is 35.8 Å². The van der Waals surface area contributed by atoms with Crippen LogP contribution in [-0.2, 0) is 13.0 Å². The number of aryl methyl sites for hydroxylation is 1. The Hall–Kier alpha value is -2.39. The molecule has 0 aliphatic carbocycles. The maximum Gasteiger partial charge on any atom is 0.120 e. The molecular weight excluding hydrogens is 282 g/mol. The first-order chi connectivity index (χ1) is 11.4. The van der Waals surface area contributed by atoms with Crippen LogP contribution < -0.4 is 5.32 Å². The molecule has 3 heteroatoms. The Morgan fingerprint density at radius 1 is 0.957 bits per heavy atom. The van der Waals surface area contributed by atoms with Crippen LogP contribution in [0.4, 0.5) is 0 Å². The molecule has 0 saturated carbocycles. The van der Waals surface area contributed by atoms with Gasteiger partial charge in [0.05, 0.1) is 6.54 Å². The van der Waals surface area contributed by atoms with Crippen molar-refractivity contribution in [3.05, 3.63) is 90.0 Å². The van der Waals surface area contributed by atoms with Crippen LogP contribution in [0.3, 0.4) is 0 Å². The third-order valence-corrected chi connectivity index (χ3v) is 4.07. The Bertz CT molecular complexity index is 663. The van der Waals surface area contributed by atoms with Crippen LogP contribution in [-0.4, -0.2) is 9.97 Å². The Labute approximate surface area is 137 Å². The smallest absolute Gasteiger partial charge is 0.120 e. The highest BCUT2D eigenvalue weighted by atomic mass is 15.0. The molecule has 3 rings (SSSR count). The summed E-state index contributed by atoms with van der Waals surface area (Å²) in [5, 5.41) is 3.63. The van der Waals surface area contributed by atoms with Crippen molar-refractivity contribution in [3.63, 3.8) is 0 Å². The van der Waals surface area contributed by atoms with Crippen LogP contribution in [0.15, 0.2) is 73.1 Å². The summed E-state index contributed by atoms with van der Waals surface area (Å²) in [7, 11) is 0. The lowest BCUT2D eigenvalue weighted by Crippen LogP contribution is -2.21. The molecule has 0 aliphatic rings. The zero-order valence-corrected chi connectivity index (χ0v) is 13.3. The summed E-state index contributed by atoms with van der Waals surface area (Å²) in [5.41, 5.74) is 2.75. The summed E-state index contributed by atoms with van der Waals surface area (Å²) in [6, 6.07) is 21.7. The predicted octanol–water partition coefficient (Wildman–Crippen LogP) is 4.26. The molecule has 2 aromatic carbocycles.